The van der Waals surface area contributed by atoms with Crippen LogP contribution in [-0.2, 0) is 0 Å². The van der Waals surface area contributed by atoms with E-state index in [1.165, 1.54) is 6.33 Å². The van der Waals surface area contributed by atoms with Gasteiger partial charge in [-0.2, -0.15) is 0 Å². The van der Waals surface area contributed by atoms with Gasteiger partial charge in [-0.1, -0.05) is 0 Å². The van der Waals surface area contributed by atoms with Gasteiger partial charge in [0.1, 0.15) is 28.9 Å². The molecule has 232 valence electrons. The molecular formula is C33H21N15Si. The molecule has 16 heteroatoms. The summed E-state index contributed by atoms with van der Waals surface area (Å²) in [5.74, 6) is 0.868. The van der Waals surface area contributed by atoms with Crippen LogP contribution >= 0.6 is 0 Å². The lowest BCUT2D eigenvalue weighted by Gasteiger charge is -2.29. The van der Waals surface area contributed by atoms with E-state index in [2.05, 4.69) is 49.8 Å². The predicted octanol–water partition coefficient (Wildman–Crippen LogP) is 0.657. The molecule has 0 N–H and O–H groups in total. The standard InChI is InChI=1S/C33H21N15Si/c1-7-40-32(41-8-1)27-18-38-20-30(46-27)49(28-6-13-42-31(48-28)22-2-9-34-10-3-22,29-19-37-17-26(45-29)25-16-35-14-15-39-25)33-43-12-5-24(47-33)23-4-11-36-21-44-23/h1-21H. The molecule has 8 rings (SSSR count). The molecule has 0 saturated carbocycles. The van der Waals surface area contributed by atoms with Crippen molar-refractivity contribution in [3.63, 3.8) is 0 Å². The molecule has 0 amide bonds. The summed E-state index contributed by atoms with van der Waals surface area (Å²) in [5.41, 5.74) is 3.84. The van der Waals surface area contributed by atoms with Crippen molar-refractivity contribution >= 4 is 29.5 Å². The number of hydrogen-bond acceptors (Lipinski definition) is 15. The number of aromatic nitrogens is 15. The van der Waals surface area contributed by atoms with Gasteiger partial charge in [-0.05, 0) is 36.4 Å². The first-order valence-corrected chi connectivity index (χ1v) is 16.8. The van der Waals surface area contributed by atoms with Crippen molar-refractivity contribution in [2.45, 2.75) is 0 Å². The van der Waals surface area contributed by atoms with Crippen molar-refractivity contribution in [3.05, 3.63) is 129 Å². The maximum absolute atomic E-state index is 5.17. The highest BCUT2D eigenvalue weighted by molar-refractivity contribution is 7.18. The van der Waals surface area contributed by atoms with Crippen LogP contribution in [0.4, 0.5) is 0 Å². The summed E-state index contributed by atoms with van der Waals surface area (Å²) in [6.45, 7) is 0. The van der Waals surface area contributed by atoms with Crippen molar-refractivity contribution in [1.29, 1.82) is 0 Å². The van der Waals surface area contributed by atoms with Crippen LogP contribution in [0.1, 0.15) is 0 Å². The molecule has 49 heavy (non-hydrogen) atoms. The predicted molar refractivity (Wildman–Crippen MR) is 179 cm³/mol. The largest absolute Gasteiger partial charge is 0.290 e. The van der Waals surface area contributed by atoms with Gasteiger partial charge in [-0.3, -0.25) is 29.9 Å². The highest BCUT2D eigenvalue weighted by Gasteiger charge is 2.51. The summed E-state index contributed by atoms with van der Waals surface area (Å²) in [6.07, 6.45) is 24.6. The summed E-state index contributed by atoms with van der Waals surface area (Å²) in [6, 6.07) is 10.8. The van der Waals surface area contributed by atoms with E-state index in [-0.39, 0.29) is 0 Å². The fourth-order valence-electron chi connectivity index (χ4n) is 5.26. The molecule has 0 aliphatic rings. The van der Waals surface area contributed by atoms with Crippen LogP contribution in [0.15, 0.2) is 129 Å². The van der Waals surface area contributed by atoms with Crippen LogP contribution < -0.4 is 21.4 Å². The first-order valence-electron chi connectivity index (χ1n) is 14.8. The van der Waals surface area contributed by atoms with Crippen molar-refractivity contribution in [2.24, 2.45) is 0 Å². The molecule has 0 saturated heterocycles. The van der Waals surface area contributed by atoms with E-state index in [1.807, 2.05) is 18.2 Å². The Kier molecular flexibility index (Phi) is 7.76. The molecule has 1 atom stereocenters. The number of nitrogens with zero attached hydrogens (tertiary/aromatic N) is 15. The van der Waals surface area contributed by atoms with E-state index in [9.17, 15) is 0 Å². The fraction of sp³-hybridized carbons (Fsp3) is 0. The van der Waals surface area contributed by atoms with Gasteiger partial charge >= 0.3 is 0 Å². The monoisotopic (exact) mass is 655 g/mol. The molecule has 0 bridgehead atoms. The van der Waals surface area contributed by atoms with Crippen molar-refractivity contribution in [1.82, 2.24) is 74.8 Å². The Labute approximate surface area is 279 Å². The molecule has 0 radical (unpaired) electrons. The van der Waals surface area contributed by atoms with E-state index in [1.54, 1.807) is 105 Å². The summed E-state index contributed by atoms with van der Waals surface area (Å²) in [7, 11) is -3.84. The Balaban J connectivity index is 1.47. The highest BCUT2D eigenvalue weighted by Crippen LogP contribution is 2.17. The molecule has 0 aliphatic carbocycles. The van der Waals surface area contributed by atoms with Gasteiger partial charge in [0.15, 0.2) is 11.6 Å². The van der Waals surface area contributed by atoms with Crippen LogP contribution in [0, 0.1) is 0 Å². The molecule has 8 aromatic heterocycles. The van der Waals surface area contributed by atoms with Gasteiger partial charge in [0.25, 0.3) is 8.07 Å². The summed E-state index contributed by atoms with van der Waals surface area (Å²) in [4.78, 5) is 69.7. The lowest BCUT2D eigenvalue weighted by atomic mass is 10.2. The molecule has 15 nitrogen and oxygen atoms in total. The third-order valence-corrected chi connectivity index (χ3v) is 11.4. The minimum absolute atomic E-state index is 0.398. The zero-order valence-electron chi connectivity index (χ0n) is 25.3. The van der Waals surface area contributed by atoms with E-state index in [0.29, 0.717) is 61.5 Å². The fourth-order valence-corrected chi connectivity index (χ4v) is 9.00. The second-order valence-electron chi connectivity index (χ2n) is 10.4. The minimum atomic E-state index is -3.84. The van der Waals surface area contributed by atoms with Crippen LogP contribution in [0.5, 0.6) is 0 Å². The Morgan fingerprint density at radius 2 is 1.08 bits per heavy atom. The van der Waals surface area contributed by atoms with E-state index >= 15 is 0 Å². The maximum Gasteiger partial charge on any atom is 0.290 e. The topological polar surface area (TPSA) is 193 Å². The van der Waals surface area contributed by atoms with Crippen molar-refractivity contribution in [3.8, 4) is 45.7 Å². The molecule has 8 heterocycles. The zero-order valence-corrected chi connectivity index (χ0v) is 26.3. The molecule has 1 unspecified atom stereocenters. The molecular weight excluding hydrogens is 635 g/mol. The van der Waals surface area contributed by atoms with Gasteiger partial charge in [-0.15, -0.1) is 0 Å². The van der Waals surface area contributed by atoms with Gasteiger partial charge in [0.2, 0.25) is 0 Å². The van der Waals surface area contributed by atoms with Gasteiger partial charge in [0, 0.05) is 73.7 Å². The van der Waals surface area contributed by atoms with Gasteiger partial charge < -0.3 is 0 Å². The lowest BCUT2D eigenvalue weighted by Crippen LogP contribution is -2.78. The number of rotatable bonds is 8. The molecule has 0 aliphatic heterocycles. The molecule has 0 spiro atoms. The highest BCUT2D eigenvalue weighted by atomic mass is 28.3. The third-order valence-electron chi connectivity index (χ3n) is 7.47. The third kappa shape index (κ3) is 5.63. The zero-order chi connectivity index (χ0) is 32.9. The smallest absolute Gasteiger partial charge is 0.265 e. The second-order valence-corrected chi connectivity index (χ2v) is 13.8. The van der Waals surface area contributed by atoms with Gasteiger partial charge in [-0.25, -0.2) is 44.9 Å². The van der Waals surface area contributed by atoms with E-state index in [0.717, 1.165) is 5.56 Å². The Morgan fingerprint density at radius 1 is 0.367 bits per heavy atom. The lowest BCUT2D eigenvalue weighted by molar-refractivity contribution is 1.11. The number of hydrogen-bond donors (Lipinski definition) is 0. The van der Waals surface area contributed by atoms with E-state index in [4.69, 9.17) is 24.9 Å². The Morgan fingerprint density at radius 3 is 1.86 bits per heavy atom. The first-order chi connectivity index (χ1) is 24.3. The average molecular weight is 656 g/mol. The Hall–Kier alpha value is -7.07. The summed E-state index contributed by atoms with van der Waals surface area (Å²) >= 11 is 0. The van der Waals surface area contributed by atoms with Crippen molar-refractivity contribution < 1.29 is 0 Å². The quantitative estimate of drug-likeness (QED) is 0.207. The Bertz CT molecular complexity index is 2020. The van der Waals surface area contributed by atoms with Crippen molar-refractivity contribution in [2.75, 3.05) is 0 Å². The second kappa shape index (κ2) is 13.0. The molecule has 8 aromatic rings. The summed E-state index contributed by atoms with van der Waals surface area (Å²) < 4.78 is 0. The van der Waals surface area contributed by atoms with Crippen LogP contribution in [0.2, 0.25) is 0 Å². The number of pyridine rings is 1. The first kappa shape index (κ1) is 29.3. The average Bonchev–Trinajstić information content (AvgIpc) is 3.20. The minimum Gasteiger partial charge on any atom is -0.265 e. The van der Waals surface area contributed by atoms with Crippen LogP contribution in [0.25, 0.3) is 45.7 Å². The normalized spacial score (nSPS) is 12.2. The SMILES string of the molecule is c1cnc(-c2cncc([Si](c3cncc(-c4cnccn4)n3)(c3ccnc(-c4ccncc4)n3)c3nccc(-c4ccncn4)n3)n2)nc1. The molecule has 0 fully saturated rings. The van der Waals surface area contributed by atoms with Crippen LogP contribution in [-0.4, -0.2) is 82.8 Å². The maximum atomic E-state index is 5.17. The van der Waals surface area contributed by atoms with Gasteiger partial charge in [0.05, 0.1) is 45.9 Å². The van der Waals surface area contributed by atoms with Crippen LogP contribution in [0.3, 0.4) is 0 Å². The molecule has 0 aromatic carbocycles. The van der Waals surface area contributed by atoms with E-state index < -0.39 is 8.07 Å². The summed E-state index contributed by atoms with van der Waals surface area (Å²) in [5, 5.41) is 1.62.